The molecule has 1 rings (SSSR count). The number of alkyl halides is 3. The van der Waals surface area contributed by atoms with Gasteiger partial charge in [-0.2, -0.15) is 18.3 Å². The Labute approximate surface area is 84.7 Å². The average Bonchev–Trinajstić information content (AvgIpc) is 2.27. The maximum absolute atomic E-state index is 12.5. The maximum atomic E-state index is 12.5. The topological polar surface area (TPSA) is 17.8 Å². The van der Waals surface area contributed by atoms with Crippen LogP contribution in [0.5, 0.6) is 0 Å². The van der Waals surface area contributed by atoms with Crippen LogP contribution in [0.25, 0.3) is 0 Å². The fraction of sp³-hybridized carbons (Fsp3) is 0.625. The van der Waals surface area contributed by atoms with Gasteiger partial charge in [0.25, 0.3) is 0 Å². The van der Waals surface area contributed by atoms with Gasteiger partial charge in [-0.1, -0.05) is 25.4 Å². The molecule has 0 spiro atoms. The molecule has 0 bridgehead atoms. The summed E-state index contributed by atoms with van der Waals surface area (Å²) in [6, 6.07) is 0. The smallest absolute Gasteiger partial charge is 0.256 e. The zero-order chi connectivity index (χ0) is 11.1. The molecule has 0 aliphatic carbocycles. The van der Waals surface area contributed by atoms with Crippen molar-refractivity contribution in [1.29, 1.82) is 0 Å². The van der Waals surface area contributed by atoms with Crippen LogP contribution in [-0.4, -0.2) is 9.78 Å². The molecule has 6 heteroatoms. The first-order chi connectivity index (χ1) is 6.25. The van der Waals surface area contributed by atoms with E-state index in [0.29, 0.717) is 0 Å². The van der Waals surface area contributed by atoms with E-state index in [1.807, 2.05) is 0 Å². The molecule has 0 atom stereocenters. The van der Waals surface area contributed by atoms with Crippen molar-refractivity contribution in [3.05, 3.63) is 16.4 Å². The van der Waals surface area contributed by atoms with Gasteiger partial charge in [0.05, 0.1) is 0 Å². The second-order valence-electron chi connectivity index (χ2n) is 3.33. The van der Waals surface area contributed by atoms with Gasteiger partial charge in [0, 0.05) is 12.6 Å². The number of hydrogen-bond acceptors (Lipinski definition) is 1. The van der Waals surface area contributed by atoms with E-state index in [-0.39, 0.29) is 16.6 Å². The maximum Gasteiger partial charge on any atom is 0.435 e. The van der Waals surface area contributed by atoms with E-state index in [1.165, 1.54) is 7.05 Å². The van der Waals surface area contributed by atoms with E-state index in [1.54, 1.807) is 13.8 Å². The van der Waals surface area contributed by atoms with E-state index in [0.717, 1.165) is 4.68 Å². The summed E-state index contributed by atoms with van der Waals surface area (Å²) in [5.41, 5.74) is -0.832. The number of aromatic nitrogens is 2. The monoisotopic (exact) mass is 226 g/mol. The molecule has 0 fully saturated rings. The third kappa shape index (κ3) is 1.87. The number of halogens is 4. The molecule has 0 saturated carbocycles. The molecule has 80 valence electrons. The van der Waals surface area contributed by atoms with Crippen molar-refractivity contribution < 1.29 is 13.2 Å². The predicted molar refractivity (Wildman–Crippen MR) is 47.3 cm³/mol. The first-order valence-electron chi connectivity index (χ1n) is 4.04. The van der Waals surface area contributed by atoms with Crippen molar-refractivity contribution in [3.8, 4) is 0 Å². The lowest BCUT2D eigenvalue weighted by molar-refractivity contribution is -0.142. The van der Waals surface area contributed by atoms with Crippen LogP contribution in [0.3, 0.4) is 0 Å². The van der Waals surface area contributed by atoms with Crippen LogP contribution in [0.2, 0.25) is 5.15 Å². The molecule has 0 saturated heterocycles. The van der Waals surface area contributed by atoms with E-state index >= 15 is 0 Å². The van der Waals surface area contributed by atoms with Crippen molar-refractivity contribution in [2.24, 2.45) is 7.05 Å². The molecule has 1 aromatic heterocycles. The summed E-state index contributed by atoms with van der Waals surface area (Å²) in [6.45, 7) is 3.30. The first kappa shape index (κ1) is 11.4. The van der Waals surface area contributed by atoms with E-state index in [2.05, 4.69) is 5.10 Å². The molecular formula is C8H10ClF3N2. The van der Waals surface area contributed by atoms with Gasteiger partial charge in [-0.3, -0.25) is 4.68 Å². The number of hydrogen-bond donors (Lipinski definition) is 0. The van der Waals surface area contributed by atoms with Gasteiger partial charge in [-0.05, 0) is 5.92 Å². The third-order valence-corrected chi connectivity index (χ3v) is 2.31. The fourth-order valence-electron chi connectivity index (χ4n) is 1.24. The Morgan fingerprint density at radius 1 is 1.36 bits per heavy atom. The van der Waals surface area contributed by atoms with Crippen LogP contribution in [0.1, 0.15) is 31.0 Å². The summed E-state index contributed by atoms with van der Waals surface area (Å²) in [5, 5.41) is 3.41. The Bertz CT molecular complexity index is 341. The highest BCUT2D eigenvalue weighted by Crippen LogP contribution is 2.37. The molecular weight excluding hydrogens is 217 g/mol. The van der Waals surface area contributed by atoms with Crippen LogP contribution in [-0.2, 0) is 13.2 Å². The molecule has 0 aliphatic rings. The van der Waals surface area contributed by atoms with Gasteiger partial charge in [-0.15, -0.1) is 0 Å². The van der Waals surface area contributed by atoms with Gasteiger partial charge in [0.1, 0.15) is 5.15 Å². The molecule has 0 radical (unpaired) electrons. The molecule has 1 heterocycles. The Hall–Kier alpha value is -0.710. The van der Waals surface area contributed by atoms with Gasteiger partial charge >= 0.3 is 6.18 Å². The fourth-order valence-corrected chi connectivity index (χ4v) is 1.59. The molecule has 0 unspecified atom stereocenters. The highest BCUT2D eigenvalue weighted by molar-refractivity contribution is 6.30. The average molecular weight is 227 g/mol. The lowest BCUT2D eigenvalue weighted by Crippen LogP contribution is -2.10. The van der Waals surface area contributed by atoms with E-state index in [4.69, 9.17) is 11.6 Å². The standard InChI is InChI=1S/C8H10ClF3N2/c1-4(2)5-6(8(10,11)12)13-14(3)7(5)9/h4H,1-3H3. The van der Waals surface area contributed by atoms with Gasteiger partial charge in [-0.25, -0.2) is 0 Å². The lowest BCUT2D eigenvalue weighted by Gasteiger charge is -2.08. The predicted octanol–water partition coefficient (Wildman–Crippen LogP) is 3.22. The van der Waals surface area contributed by atoms with Crippen molar-refractivity contribution in [1.82, 2.24) is 9.78 Å². The van der Waals surface area contributed by atoms with Crippen LogP contribution in [0, 0.1) is 0 Å². The Balaban J connectivity index is 3.37. The summed E-state index contributed by atoms with van der Waals surface area (Å²) >= 11 is 5.72. The molecule has 0 aromatic carbocycles. The van der Waals surface area contributed by atoms with Gasteiger partial charge in [0.15, 0.2) is 5.69 Å². The van der Waals surface area contributed by atoms with Crippen molar-refractivity contribution in [2.75, 3.05) is 0 Å². The molecule has 0 aliphatic heterocycles. The SMILES string of the molecule is CC(C)c1c(C(F)(F)F)nn(C)c1Cl. The normalized spacial score (nSPS) is 12.6. The van der Waals surface area contributed by atoms with Crippen molar-refractivity contribution in [3.63, 3.8) is 0 Å². The number of nitrogens with zero attached hydrogens (tertiary/aromatic N) is 2. The second kappa shape index (κ2) is 3.46. The second-order valence-corrected chi connectivity index (χ2v) is 3.69. The zero-order valence-corrected chi connectivity index (χ0v) is 8.74. The molecule has 0 amide bonds. The molecule has 14 heavy (non-hydrogen) atoms. The minimum Gasteiger partial charge on any atom is -0.256 e. The third-order valence-electron chi connectivity index (χ3n) is 1.86. The van der Waals surface area contributed by atoms with Crippen LogP contribution in [0.4, 0.5) is 13.2 Å². The molecule has 0 N–H and O–H groups in total. The van der Waals surface area contributed by atoms with Crippen LogP contribution < -0.4 is 0 Å². The van der Waals surface area contributed by atoms with Crippen LogP contribution >= 0.6 is 11.6 Å². The minimum atomic E-state index is -4.44. The minimum absolute atomic E-state index is 0.0484. The Kier molecular flexibility index (Phi) is 2.81. The van der Waals surface area contributed by atoms with Gasteiger partial charge in [0.2, 0.25) is 0 Å². The quantitative estimate of drug-likeness (QED) is 0.719. The lowest BCUT2D eigenvalue weighted by atomic mass is 10.0. The summed E-state index contributed by atoms with van der Waals surface area (Å²) in [5.74, 6) is -0.298. The number of rotatable bonds is 1. The molecule has 1 aromatic rings. The van der Waals surface area contributed by atoms with E-state index in [9.17, 15) is 13.2 Å². The summed E-state index contributed by atoms with van der Waals surface area (Å²) in [6.07, 6.45) is -4.44. The van der Waals surface area contributed by atoms with Crippen molar-refractivity contribution in [2.45, 2.75) is 25.9 Å². The molecule has 2 nitrogen and oxygen atoms in total. The summed E-state index contributed by atoms with van der Waals surface area (Å²) < 4.78 is 38.4. The zero-order valence-electron chi connectivity index (χ0n) is 7.98. The highest BCUT2D eigenvalue weighted by Gasteiger charge is 2.39. The van der Waals surface area contributed by atoms with E-state index < -0.39 is 11.9 Å². The Morgan fingerprint density at radius 2 is 1.86 bits per heavy atom. The Morgan fingerprint density at radius 3 is 2.14 bits per heavy atom. The largest absolute Gasteiger partial charge is 0.435 e. The first-order valence-corrected chi connectivity index (χ1v) is 4.42. The van der Waals surface area contributed by atoms with Crippen LogP contribution in [0.15, 0.2) is 0 Å². The summed E-state index contributed by atoms with van der Waals surface area (Å²) in [7, 11) is 1.39. The highest BCUT2D eigenvalue weighted by atomic mass is 35.5. The van der Waals surface area contributed by atoms with Crippen molar-refractivity contribution >= 4 is 11.6 Å². The van der Waals surface area contributed by atoms with Gasteiger partial charge < -0.3 is 0 Å². The summed E-state index contributed by atoms with van der Waals surface area (Å²) in [4.78, 5) is 0. The number of aryl methyl sites for hydroxylation is 1.